The maximum absolute atomic E-state index is 12.6. The van der Waals surface area contributed by atoms with Gasteiger partial charge in [0.2, 0.25) is 5.91 Å². The highest BCUT2D eigenvalue weighted by Gasteiger charge is 2.25. The fourth-order valence-corrected chi connectivity index (χ4v) is 3.59. The Hall–Kier alpha value is -2.95. The first-order valence-corrected chi connectivity index (χ1v) is 8.88. The zero-order chi connectivity index (χ0) is 17.9. The second kappa shape index (κ2) is 7.12. The summed E-state index contributed by atoms with van der Waals surface area (Å²) in [7, 11) is 1.82. The van der Waals surface area contributed by atoms with E-state index in [0.29, 0.717) is 24.6 Å². The molecule has 2 aromatic heterocycles. The molecule has 0 radical (unpaired) electrons. The van der Waals surface area contributed by atoms with E-state index in [2.05, 4.69) is 34.4 Å². The molecule has 2 heterocycles. The number of aryl methyl sites for hydroxylation is 1. The van der Waals surface area contributed by atoms with Crippen LogP contribution in [0.2, 0.25) is 0 Å². The molecule has 3 aromatic rings. The van der Waals surface area contributed by atoms with Crippen LogP contribution in [-0.2, 0) is 17.8 Å². The van der Waals surface area contributed by atoms with Crippen molar-refractivity contribution in [3.8, 4) is 11.3 Å². The van der Waals surface area contributed by atoms with E-state index in [1.54, 1.807) is 17.3 Å². The van der Waals surface area contributed by atoms with Crippen molar-refractivity contribution in [2.24, 2.45) is 0 Å². The van der Waals surface area contributed by atoms with Crippen LogP contribution in [0.5, 0.6) is 0 Å². The molecular formula is C21H21N3O2. The first kappa shape index (κ1) is 16.5. The number of carbonyl (C=O) groups is 1. The topological polar surface area (TPSA) is 59.2 Å². The molecule has 0 fully saturated rings. The van der Waals surface area contributed by atoms with Crippen molar-refractivity contribution >= 4 is 5.91 Å². The maximum atomic E-state index is 12.6. The number of fused-ring (bicyclic) bond motifs is 1. The Labute approximate surface area is 152 Å². The number of hydrogen-bond acceptors (Lipinski definition) is 4. The van der Waals surface area contributed by atoms with Gasteiger partial charge in [0.05, 0.1) is 6.54 Å². The smallest absolute Gasteiger partial charge is 0.223 e. The van der Waals surface area contributed by atoms with E-state index in [-0.39, 0.29) is 5.91 Å². The number of amides is 1. The Kier molecular flexibility index (Phi) is 4.52. The fourth-order valence-electron chi connectivity index (χ4n) is 3.59. The summed E-state index contributed by atoms with van der Waals surface area (Å²) in [5.74, 6) is 1.14. The first-order chi connectivity index (χ1) is 12.7. The monoisotopic (exact) mass is 347 g/mol. The predicted octanol–water partition coefficient (Wildman–Crippen LogP) is 3.82. The summed E-state index contributed by atoms with van der Waals surface area (Å²) < 4.78 is 5.40. The standard InChI is InChI=1S/C21H21N3O2/c1-24(14-18-13-20(23-26-18)16-8-10-22-11-9-16)21(25)12-17-7-6-15-4-2-3-5-19(15)17/h2-5,8-11,13,17H,6-7,12,14H2,1H3/t17-/m0/s1. The van der Waals surface area contributed by atoms with Gasteiger partial charge in [0, 0.05) is 37.5 Å². The van der Waals surface area contributed by atoms with Gasteiger partial charge < -0.3 is 9.42 Å². The lowest BCUT2D eigenvalue weighted by molar-refractivity contribution is -0.131. The molecule has 1 aliphatic rings. The lowest BCUT2D eigenvalue weighted by Crippen LogP contribution is -2.27. The highest BCUT2D eigenvalue weighted by molar-refractivity contribution is 5.77. The summed E-state index contributed by atoms with van der Waals surface area (Å²) in [5.41, 5.74) is 4.42. The minimum atomic E-state index is 0.133. The fraction of sp³-hybridized carbons (Fsp3) is 0.286. The minimum Gasteiger partial charge on any atom is -0.359 e. The van der Waals surface area contributed by atoms with Gasteiger partial charge >= 0.3 is 0 Å². The molecule has 4 rings (SSSR count). The van der Waals surface area contributed by atoms with Gasteiger partial charge in [-0.05, 0) is 42.0 Å². The summed E-state index contributed by atoms with van der Waals surface area (Å²) in [6.45, 7) is 0.422. The Morgan fingerprint density at radius 1 is 1.23 bits per heavy atom. The number of hydrogen-bond donors (Lipinski definition) is 0. The predicted molar refractivity (Wildman–Crippen MR) is 98.3 cm³/mol. The number of rotatable bonds is 5. The summed E-state index contributed by atoms with van der Waals surface area (Å²) in [6.07, 6.45) is 6.10. The van der Waals surface area contributed by atoms with E-state index in [1.165, 1.54) is 11.1 Å². The van der Waals surface area contributed by atoms with E-state index >= 15 is 0 Å². The van der Waals surface area contributed by atoms with Crippen molar-refractivity contribution in [3.63, 3.8) is 0 Å². The molecule has 0 saturated carbocycles. The Morgan fingerprint density at radius 3 is 2.88 bits per heavy atom. The van der Waals surface area contributed by atoms with Gasteiger partial charge in [-0.25, -0.2) is 0 Å². The minimum absolute atomic E-state index is 0.133. The third-order valence-corrected chi connectivity index (χ3v) is 5.03. The molecular weight excluding hydrogens is 326 g/mol. The van der Waals surface area contributed by atoms with Gasteiger partial charge in [-0.2, -0.15) is 0 Å². The zero-order valence-electron chi connectivity index (χ0n) is 14.8. The zero-order valence-corrected chi connectivity index (χ0v) is 14.8. The molecule has 0 N–H and O–H groups in total. The molecule has 0 saturated heterocycles. The molecule has 5 heteroatoms. The largest absolute Gasteiger partial charge is 0.359 e. The lowest BCUT2D eigenvalue weighted by Gasteiger charge is -2.18. The van der Waals surface area contributed by atoms with Crippen LogP contribution in [0.15, 0.2) is 59.4 Å². The van der Waals surface area contributed by atoms with Crippen molar-refractivity contribution in [1.82, 2.24) is 15.0 Å². The molecule has 1 amide bonds. The first-order valence-electron chi connectivity index (χ1n) is 8.88. The lowest BCUT2D eigenvalue weighted by atomic mass is 9.97. The number of nitrogens with zero attached hydrogens (tertiary/aromatic N) is 3. The summed E-state index contributed by atoms with van der Waals surface area (Å²) in [6, 6.07) is 14.1. The van der Waals surface area contributed by atoms with Gasteiger partial charge in [-0.3, -0.25) is 9.78 Å². The third-order valence-electron chi connectivity index (χ3n) is 5.03. The van der Waals surface area contributed by atoms with Crippen molar-refractivity contribution in [3.05, 3.63) is 71.7 Å². The van der Waals surface area contributed by atoms with Gasteiger partial charge in [0.15, 0.2) is 5.76 Å². The van der Waals surface area contributed by atoms with Crippen molar-refractivity contribution in [1.29, 1.82) is 0 Å². The molecule has 5 nitrogen and oxygen atoms in total. The molecule has 0 aliphatic heterocycles. The van der Waals surface area contributed by atoms with Crippen LogP contribution in [0.4, 0.5) is 0 Å². The molecule has 0 unspecified atom stereocenters. The number of carbonyl (C=O) groups excluding carboxylic acids is 1. The molecule has 1 aromatic carbocycles. The Bertz CT molecular complexity index is 904. The number of aromatic nitrogens is 2. The van der Waals surface area contributed by atoms with Crippen LogP contribution < -0.4 is 0 Å². The SMILES string of the molecule is CN(Cc1cc(-c2ccncc2)no1)C(=O)C[C@@H]1CCc2ccccc21. The van der Waals surface area contributed by atoms with Gasteiger partial charge in [-0.15, -0.1) is 0 Å². The normalized spacial score (nSPS) is 15.7. The quantitative estimate of drug-likeness (QED) is 0.704. The number of benzene rings is 1. The Morgan fingerprint density at radius 2 is 2.04 bits per heavy atom. The summed E-state index contributed by atoms with van der Waals surface area (Å²) in [5, 5.41) is 4.09. The average molecular weight is 347 g/mol. The molecule has 1 atom stereocenters. The second-order valence-electron chi connectivity index (χ2n) is 6.80. The average Bonchev–Trinajstić information content (AvgIpc) is 3.30. The highest BCUT2D eigenvalue weighted by atomic mass is 16.5. The van der Waals surface area contributed by atoms with E-state index in [1.807, 2.05) is 25.2 Å². The van der Waals surface area contributed by atoms with Crippen LogP contribution in [-0.4, -0.2) is 28.0 Å². The third kappa shape index (κ3) is 3.38. The van der Waals surface area contributed by atoms with E-state index in [9.17, 15) is 4.79 Å². The molecule has 26 heavy (non-hydrogen) atoms. The second-order valence-corrected chi connectivity index (χ2v) is 6.80. The van der Waals surface area contributed by atoms with Gasteiger partial charge in [-0.1, -0.05) is 29.4 Å². The Balaban J connectivity index is 1.39. The van der Waals surface area contributed by atoms with Crippen LogP contribution in [0, 0.1) is 0 Å². The van der Waals surface area contributed by atoms with Crippen LogP contribution in [0.25, 0.3) is 11.3 Å². The van der Waals surface area contributed by atoms with Crippen molar-refractivity contribution < 1.29 is 9.32 Å². The van der Waals surface area contributed by atoms with Crippen molar-refractivity contribution in [2.45, 2.75) is 31.7 Å². The highest BCUT2D eigenvalue weighted by Crippen LogP contribution is 2.35. The molecule has 132 valence electrons. The van der Waals surface area contributed by atoms with Crippen LogP contribution >= 0.6 is 0 Å². The van der Waals surface area contributed by atoms with E-state index in [4.69, 9.17) is 4.52 Å². The van der Waals surface area contributed by atoms with Gasteiger partial charge in [0.1, 0.15) is 5.69 Å². The maximum Gasteiger partial charge on any atom is 0.223 e. The van der Waals surface area contributed by atoms with Crippen molar-refractivity contribution in [2.75, 3.05) is 7.05 Å². The van der Waals surface area contributed by atoms with E-state index in [0.717, 1.165) is 24.1 Å². The van der Waals surface area contributed by atoms with E-state index < -0.39 is 0 Å². The molecule has 0 bridgehead atoms. The summed E-state index contributed by atoms with van der Waals surface area (Å²) >= 11 is 0. The van der Waals surface area contributed by atoms with Crippen LogP contribution in [0.3, 0.4) is 0 Å². The number of pyridine rings is 1. The molecule has 1 aliphatic carbocycles. The van der Waals surface area contributed by atoms with Crippen LogP contribution in [0.1, 0.15) is 35.6 Å². The van der Waals surface area contributed by atoms with Gasteiger partial charge in [0.25, 0.3) is 0 Å². The molecule has 0 spiro atoms. The summed E-state index contributed by atoms with van der Waals surface area (Å²) in [4.78, 5) is 18.4.